The first-order valence-electron chi connectivity index (χ1n) is 9.99. The highest BCUT2D eigenvalue weighted by Gasteiger charge is 2.13. The van der Waals surface area contributed by atoms with Gasteiger partial charge in [-0.15, -0.1) is 0 Å². The highest BCUT2D eigenvalue weighted by atomic mass is 32.2. The van der Waals surface area contributed by atoms with Crippen molar-refractivity contribution in [3.05, 3.63) is 29.8 Å². The first-order valence-corrected chi connectivity index (χ1v) is 11.0. The Hall–Kier alpha value is -1.82. The fourth-order valence-corrected chi connectivity index (χ4v) is 3.10. The Morgan fingerprint density at radius 3 is 2.11 bits per heavy atom. The fraction of sp³-hybridized carbons (Fsp3) is 0.591. The van der Waals surface area contributed by atoms with Gasteiger partial charge in [0.1, 0.15) is 0 Å². The molecule has 0 radical (unpaired) electrons. The summed E-state index contributed by atoms with van der Waals surface area (Å²) in [7, 11) is 0. The van der Waals surface area contributed by atoms with Crippen molar-refractivity contribution in [2.45, 2.75) is 71.6 Å². The Morgan fingerprint density at radius 1 is 0.893 bits per heavy atom. The van der Waals surface area contributed by atoms with Gasteiger partial charge in [0, 0.05) is 25.6 Å². The molecule has 0 bridgehead atoms. The zero-order valence-corrected chi connectivity index (χ0v) is 18.4. The molecular weight excluding hydrogens is 372 g/mol. The third-order valence-electron chi connectivity index (χ3n) is 4.34. The SMILES string of the molecule is CC(=O)SCC(=O)NCCCCCCCC(=O)Nc1ccc(C(C)(C)C)cc1. The summed E-state index contributed by atoms with van der Waals surface area (Å²) in [6.07, 6.45) is 5.39. The molecule has 156 valence electrons. The molecule has 1 aromatic rings. The highest BCUT2D eigenvalue weighted by molar-refractivity contribution is 8.14. The molecule has 0 saturated carbocycles. The molecular formula is C22H34N2O3S. The second-order valence-electron chi connectivity index (χ2n) is 8.02. The van der Waals surface area contributed by atoms with Gasteiger partial charge in [0.05, 0.1) is 5.75 Å². The minimum Gasteiger partial charge on any atom is -0.355 e. The van der Waals surface area contributed by atoms with Crippen LogP contribution in [0.1, 0.15) is 71.8 Å². The van der Waals surface area contributed by atoms with E-state index in [1.807, 2.05) is 12.1 Å². The maximum Gasteiger partial charge on any atom is 0.230 e. The number of anilines is 1. The maximum absolute atomic E-state index is 12.0. The number of unbranched alkanes of at least 4 members (excludes halogenated alkanes) is 4. The summed E-state index contributed by atoms with van der Waals surface area (Å²) >= 11 is 1.03. The first kappa shape index (κ1) is 24.2. The molecule has 1 rings (SSSR count). The number of hydrogen-bond acceptors (Lipinski definition) is 4. The van der Waals surface area contributed by atoms with Crippen LogP contribution in [0.4, 0.5) is 5.69 Å². The largest absolute Gasteiger partial charge is 0.355 e. The van der Waals surface area contributed by atoms with Gasteiger partial charge in [0.2, 0.25) is 11.8 Å². The van der Waals surface area contributed by atoms with E-state index < -0.39 is 0 Å². The second-order valence-corrected chi connectivity index (χ2v) is 9.18. The molecule has 0 aromatic heterocycles. The molecule has 0 unspecified atom stereocenters. The van der Waals surface area contributed by atoms with Crippen LogP contribution < -0.4 is 10.6 Å². The third kappa shape index (κ3) is 11.1. The first-order chi connectivity index (χ1) is 13.2. The van der Waals surface area contributed by atoms with E-state index in [0.29, 0.717) is 13.0 Å². The molecule has 0 spiro atoms. The van der Waals surface area contributed by atoms with Crippen molar-refractivity contribution < 1.29 is 14.4 Å². The minimum absolute atomic E-state index is 0.0406. The predicted octanol–water partition coefficient (Wildman–Crippen LogP) is 4.66. The summed E-state index contributed by atoms with van der Waals surface area (Å²) in [6.45, 7) is 8.61. The molecule has 0 heterocycles. The summed E-state index contributed by atoms with van der Waals surface area (Å²) < 4.78 is 0. The van der Waals surface area contributed by atoms with E-state index in [4.69, 9.17) is 0 Å². The molecule has 0 fully saturated rings. The van der Waals surface area contributed by atoms with Crippen LogP contribution in [-0.4, -0.2) is 29.2 Å². The zero-order valence-electron chi connectivity index (χ0n) is 17.6. The smallest absolute Gasteiger partial charge is 0.230 e. The lowest BCUT2D eigenvalue weighted by Gasteiger charge is -2.19. The molecule has 0 aliphatic rings. The minimum atomic E-state index is -0.0904. The molecule has 0 saturated heterocycles. The van der Waals surface area contributed by atoms with Crippen LogP contribution >= 0.6 is 11.8 Å². The third-order valence-corrected chi connectivity index (χ3v) is 5.16. The zero-order chi connectivity index (χ0) is 21.0. The second kappa shape index (κ2) is 12.6. The van der Waals surface area contributed by atoms with Crippen molar-refractivity contribution in [1.82, 2.24) is 5.32 Å². The van der Waals surface area contributed by atoms with Gasteiger partial charge in [0.25, 0.3) is 0 Å². The van der Waals surface area contributed by atoms with Crippen molar-refractivity contribution >= 4 is 34.4 Å². The van der Waals surface area contributed by atoms with Crippen LogP contribution in [-0.2, 0) is 19.8 Å². The lowest BCUT2D eigenvalue weighted by Crippen LogP contribution is -2.26. The Morgan fingerprint density at radius 2 is 1.50 bits per heavy atom. The highest BCUT2D eigenvalue weighted by Crippen LogP contribution is 2.23. The maximum atomic E-state index is 12.0. The van der Waals surface area contributed by atoms with Gasteiger partial charge in [-0.2, -0.15) is 0 Å². The number of carbonyl (C=O) groups is 3. The van der Waals surface area contributed by atoms with E-state index in [0.717, 1.165) is 49.6 Å². The van der Waals surface area contributed by atoms with E-state index in [2.05, 4.69) is 43.5 Å². The fourth-order valence-electron chi connectivity index (χ4n) is 2.66. The average Bonchev–Trinajstić information content (AvgIpc) is 2.61. The Bertz CT molecular complexity index is 636. The Balaban J connectivity index is 2.06. The van der Waals surface area contributed by atoms with Gasteiger partial charge in [-0.1, -0.05) is 63.9 Å². The molecule has 2 N–H and O–H groups in total. The predicted molar refractivity (Wildman–Crippen MR) is 118 cm³/mol. The number of nitrogens with one attached hydrogen (secondary N) is 2. The van der Waals surface area contributed by atoms with Gasteiger partial charge in [0.15, 0.2) is 5.12 Å². The van der Waals surface area contributed by atoms with Crippen LogP contribution in [0.15, 0.2) is 24.3 Å². The molecule has 28 heavy (non-hydrogen) atoms. The topological polar surface area (TPSA) is 75.3 Å². The number of thioether (sulfide) groups is 1. The molecule has 5 nitrogen and oxygen atoms in total. The van der Waals surface area contributed by atoms with Crippen LogP contribution in [0.25, 0.3) is 0 Å². The summed E-state index contributed by atoms with van der Waals surface area (Å²) in [5.74, 6) is 0.162. The van der Waals surface area contributed by atoms with Crippen LogP contribution in [0.5, 0.6) is 0 Å². The van der Waals surface area contributed by atoms with Gasteiger partial charge in [-0.3, -0.25) is 14.4 Å². The monoisotopic (exact) mass is 406 g/mol. The van der Waals surface area contributed by atoms with Crippen molar-refractivity contribution in [1.29, 1.82) is 0 Å². The van der Waals surface area contributed by atoms with Gasteiger partial charge in [-0.05, 0) is 36.0 Å². The number of amides is 2. The van der Waals surface area contributed by atoms with Crippen LogP contribution in [0, 0.1) is 0 Å². The molecule has 0 aliphatic heterocycles. The summed E-state index contributed by atoms with van der Waals surface area (Å²) in [5.41, 5.74) is 2.20. The normalized spacial score (nSPS) is 11.1. The molecule has 6 heteroatoms. The lowest BCUT2D eigenvalue weighted by molar-refractivity contribution is -0.119. The van der Waals surface area contributed by atoms with E-state index in [1.165, 1.54) is 12.5 Å². The van der Waals surface area contributed by atoms with E-state index in [9.17, 15) is 14.4 Å². The summed E-state index contributed by atoms with van der Waals surface area (Å²) in [6, 6.07) is 8.05. The number of benzene rings is 1. The number of hydrogen-bond donors (Lipinski definition) is 2. The summed E-state index contributed by atoms with van der Waals surface area (Å²) in [4.78, 5) is 34.3. The van der Waals surface area contributed by atoms with Crippen LogP contribution in [0.3, 0.4) is 0 Å². The van der Waals surface area contributed by atoms with Gasteiger partial charge < -0.3 is 10.6 Å². The van der Waals surface area contributed by atoms with Crippen molar-refractivity contribution in [3.8, 4) is 0 Å². The number of carbonyl (C=O) groups excluding carboxylic acids is 3. The van der Waals surface area contributed by atoms with Crippen molar-refractivity contribution in [2.24, 2.45) is 0 Å². The summed E-state index contributed by atoms with van der Waals surface area (Å²) in [5, 5.41) is 5.72. The average molecular weight is 407 g/mol. The molecule has 0 aliphatic carbocycles. The Labute approximate surface area is 173 Å². The van der Waals surface area contributed by atoms with Crippen LogP contribution in [0.2, 0.25) is 0 Å². The molecule has 2 amide bonds. The van der Waals surface area contributed by atoms with E-state index in [1.54, 1.807) is 0 Å². The molecule has 0 atom stereocenters. The van der Waals surface area contributed by atoms with Crippen molar-refractivity contribution in [2.75, 3.05) is 17.6 Å². The number of rotatable bonds is 11. The molecule has 1 aromatic carbocycles. The lowest BCUT2D eigenvalue weighted by atomic mass is 9.87. The Kier molecular flexibility index (Phi) is 10.9. The van der Waals surface area contributed by atoms with Gasteiger partial charge in [-0.25, -0.2) is 0 Å². The van der Waals surface area contributed by atoms with Crippen molar-refractivity contribution in [3.63, 3.8) is 0 Å². The van der Waals surface area contributed by atoms with E-state index in [-0.39, 0.29) is 28.1 Å². The van der Waals surface area contributed by atoms with E-state index >= 15 is 0 Å². The standard InChI is InChI=1S/C22H34N2O3S/c1-17(25)28-16-21(27)23-15-9-7-5-6-8-10-20(26)24-19-13-11-18(12-14-19)22(2,3)4/h11-14H,5-10,15-16H2,1-4H3,(H,23,27)(H,24,26). The van der Waals surface area contributed by atoms with Gasteiger partial charge >= 0.3 is 0 Å². The quantitative estimate of drug-likeness (QED) is 0.524.